The number of para-hydroxylation sites is 1. The molecule has 1 unspecified atom stereocenters. The van der Waals surface area contributed by atoms with Crippen LogP contribution in [0.1, 0.15) is 44.5 Å². The molecule has 9 aromatic carbocycles. The van der Waals surface area contributed by atoms with Crippen LogP contribution in [0.25, 0.3) is 44.2 Å². The predicted octanol–water partition coefficient (Wildman–Crippen LogP) is 13.3. The highest BCUT2D eigenvalue weighted by molar-refractivity contribution is 6.04. The van der Waals surface area contributed by atoms with Gasteiger partial charge in [-0.2, -0.15) is 0 Å². The van der Waals surface area contributed by atoms with Crippen LogP contribution in [0.5, 0.6) is 11.5 Å². The molecule has 0 radical (unpaired) electrons. The summed E-state index contributed by atoms with van der Waals surface area (Å²) in [5, 5.41) is 2.59. The van der Waals surface area contributed by atoms with Crippen molar-refractivity contribution < 1.29 is 4.74 Å². The molecule has 1 heteroatoms. The zero-order valence-electron chi connectivity index (χ0n) is 30.0. The molecule has 0 bridgehead atoms. The Morgan fingerprint density at radius 3 is 1.56 bits per heavy atom. The highest BCUT2D eigenvalue weighted by Gasteiger charge is 2.52. The summed E-state index contributed by atoms with van der Waals surface area (Å²) in [5.41, 5.74) is 16.8. The Morgan fingerprint density at radius 2 is 0.836 bits per heavy atom. The van der Waals surface area contributed by atoms with Gasteiger partial charge in [0.25, 0.3) is 0 Å². The number of hydrogen-bond acceptors (Lipinski definition) is 1. The van der Waals surface area contributed by atoms with E-state index in [4.69, 9.17) is 4.74 Å². The van der Waals surface area contributed by atoms with Gasteiger partial charge >= 0.3 is 0 Å². The summed E-state index contributed by atoms with van der Waals surface area (Å²) < 4.78 is 6.88. The normalized spacial score (nSPS) is 16.4. The molecular formula is C54H34O. The Labute approximate surface area is 320 Å². The molecule has 0 amide bonds. The predicted molar refractivity (Wildman–Crippen MR) is 224 cm³/mol. The minimum absolute atomic E-state index is 0.412. The molecule has 2 aliphatic carbocycles. The average Bonchev–Trinajstić information content (AvgIpc) is 3.73. The molecule has 256 valence electrons. The molecule has 3 aliphatic rings. The summed E-state index contributed by atoms with van der Waals surface area (Å²) in [6.45, 7) is 0. The van der Waals surface area contributed by atoms with Crippen molar-refractivity contribution in [2.45, 2.75) is 10.8 Å². The number of ether oxygens (including phenoxy) is 1. The molecule has 1 aliphatic heterocycles. The topological polar surface area (TPSA) is 9.23 Å². The summed E-state index contributed by atoms with van der Waals surface area (Å²) >= 11 is 0. The summed E-state index contributed by atoms with van der Waals surface area (Å²) in [5.74, 6) is 1.77. The quantitative estimate of drug-likeness (QED) is 0.178. The monoisotopic (exact) mass is 698 g/mol. The first kappa shape index (κ1) is 30.5. The number of fused-ring (bicyclic) bond motifs is 14. The molecule has 0 fully saturated rings. The van der Waals surface area contributed by atoms with Gasteiger partial charge in [0, 0.05) is 11.1 Å². The molecule has 0 saturated heterocycles. The van der Waals surface area contributed by atoms with Crippen molar-refractivity contribution in [3.05, 3.63) is 251 Å². The van der Waals surface area contributed by atoms with Gasteiger partial charge in [-0.15, -0.1) is 0 Å². The molecule has 0 N–H and O–H groups in total. The van der Waals surface area contributed by atoms with E-state index in [0.29, 0.717) is 0 Å². The highest BCUT2D eigenvalue weighted by Crippen LogP contribution is 2.64. The van der Waals surface area contributed by atoms with E-state index >= 15 is 0 Å². The lowest BCUT2D eigenvalue weighted by molar-refractivity contribution is 0.435. The fraction of sp³-hybridized carbons (Fsp3) is 0.0370. The summed E-state index contributed by atoms with van der Waals surface area (Å²) in [6.07, 6.45) is 0. The van der Waals surface area contributed by atoms with Gasteiger partial charge in [0.1, 0.15) is 11.5 Å². The van der Waals surface area contributed by atoms with Crippen LogP contribution in [0.3, 0.4) is 0 Å². The molecule has 1 heterocycles. The van der Waals surface area contributed by atoms with Crippen LogP contribution in [-0.2, 0) is 10.8 Å². The van der Waals surface area contributed by atoms with Gasteiger partial charge in [-0.05, 0) is 95.7 Å². The lowest BCUT2D eigenvalue weighted by Crippen LogP contribution is -2.34. The Bertz CT molecular complexity index is 2970. The van der Waals surface area contributed by atoms with E-state index in [2.05, 4.69) is 206 Å². The van der Waals surface area contributed by atoms with Crippen LogP contribution >= 0.6 is 0 Å². The second-order valence-corrected chi connectivity index (χ2v) is 15.1. The van der Waals surface area contributed by atoms with E-state index < -0.39 is 10.8 Å². The van der Waals surface area contributed by atoms with Crippen molar-refractivity contribution in [2.75, 3.05) is 0 Å². The second kappa shape index (κ2) is 11.3. The maximum atomic E-state index is 6.88. The highest BCUT2D eigenvalue weighted by atomic mass is 16.5. The molecule has 1 nitrogen and oxygen atoms in total. The Kier molecular flexibility index (Phi) is 6.25. The van der Waals surface area contributed by atoms with Crippen LogP contribution < -0.4 is 4.74 Å². The largest absolute Gasteiger partial charge is 0.457 e. The molecule has 9 aromatic rings. The van der Waals surface area contributed by atoms with Gasteiger partial charge in [0.2, 0.25) is 0 Å². The van der Waals surface area contributed by atoms with Gasteiger partial charge < -0.3 is 4.74 Å². The number of benzene rings is 9. The van der Waals surface area contributed by atoms with Crippen molar-refractivity contribution in [3.8, 4) is 44.9 Å². The van der Waals surface area contributed by atoms with E-state index in [0.717, 1.165) is 28.2 Å². The first-order valence-corrected chi connectivity index (χ1v) is 19.2. The third-order valence-electron chi connectivity index (χ3n) is 12.6. The van der Waals surface area contributed by atoms with Crippen molar-refractivity contribution >= 4 is 10.8 Å². The summed E-state index contributed by atoms with van der Waals surface area (Å²) in [4.78, 5) is 0. The Hall–Kier alpha value is -6.96. The molecule has 12 rings (SSSR count). The minimum atomic E-state index is -0.541. The van der Waals surface area contributed by atoms with E-state index in [1.54, 1.807) is 0 Å². The van der Waals surface area contributed by atoms with Crippen LogP contribution in [0.4, 0.5) is 0 Å². The average molecular weight is 699 g/mol. The first-order chi connectivity index (χ1) is 27.3. The number of hydrogen-bond donors (Lipinski definition) is 0. The van der Waals surface area contributed by atoms with Crippen LogP contribution in [0.2, 0.25) is 0 Å². The van der Waals surface area contributed by atoms with Crippen LogP contribution in [-0.4, -0.2) is 0 Å². The molecule has 0 saturated carbocycles. The van der Waals surface area contributed by atoms with Crippen LogP contribution in [0, 0.1) is 0 Å². The smallest absolute Gasteiger partial charge is 0.132 e. The van der Waals surface area contributed by atoms with Crippen molar-refractivity contribution in [1.82, 2.24) is 0 Å². The second-order valence-electron chi connectivity index (χ2n) is 15.1. The van der Waals surface area contributed by atoms with E-state index in [9.17, 15) is 0 Å². The van der Waals surface area contributed by atoms with Gasteiger partial charge in [-0.3, -0.25) is 0 Å². The zero-order chi connectivity index (χ0) is 36.1. The SMILES string of the molecule is c1ccc(C2(c3ccccc3)c3ccccc3Oc3cc(-c4ccc5c(c4)-c4ccccc4C54c5ccccc5-c5ccc6ccccc6c54)ccc32)cc1. The van der Waals surface area contributed by atoms with Gasteiger partial charge in [-0.25, -0.2) is 0 Å². The molecule has 0 aromatic heterocycles. The van der Waals surface area contributed by atoms with Crippen molar-refractivity contribution in [2.24, 2.45) is 0 Å². The third-order valence-corrected chi connectivity index (χ3v) is 12.6. The van der Waals surface area contributed by atoms with Crippen LogP contribution in [0.15, 0.2) is 206 Å². The van der Waals surface area contributed by atoms with Gasteiger partial charge in [-0.1, -0.05) is 188 Å². The molecule has 1 spiro atoms. The summed E-state index contributed by atoms with van der Waals surface area (Å²) in [6, 6.07) is 76.0. The Morgan fingerprint density at radius 1 is 0.309 bits per heavy atom. The first-order valence-electron chi connectivity index (χ1n) is 19.2. The van der Waals surface area contributed by atoms with E-state index in [1.165, 1.54) is 72.0 Å². The molecule has 55 heavy (non-hydrogen) atoms. The fourth-order valence-electron chi connectivity index (χ4n) is 10.5. The van der Waals surface area contributed by atoms with Crippen molar-refractivity contribution in [1.29, 1.82) is 0 Å². The molecular weight excluding hydrogens is 665 g/mol. The lowest BCUT2D eigenvalue weighted by Gasteiger charge is -2.41. The van der Waals surface area contributed by atoms with E-state index in [1.807, 2.05) is 0 Å². The maximum absolute atomic E-state index is 6.88. The fourth-order valence-corrected chi connectivity index (χ4v) is 10.5. The van der Waals surface area contributed by atoms with Gasteiger partial charge in [0.05, 0.1) is 10.8 Å². The minimum Gasteiger partial charge on any atom is -0.457 e. The van der Waals surface area contributed by atoms with Crippen molar-refractivity contribution in [3.63, 3.8) is 0 Å². The molecule has 1 atom stereocenters. The van der Waals surface area contributed by atoms with E-state index in [-0.39, 0.29) is 0 Å². The third kappa shape index (κ3) is 3.92. The Balaban J connectivity index is 1.09. The maximum Gasteiger partial charge on any atom is 0.132 e. The summed E-state index contributed by atoms with van der Waals surface area (Å²) in [7, 11) is 0. The zero-order valence-corrected chi connectivity index (χ0v) is 30.0. The number of rotatable bonds is 3. The standard InChI is InChI=1S/C54H34O/c1-3-16-38(17-4-1)53(39-18-5-2-6-19-39)48-25-13-14-26-50(48)55-51-34-37(29-32-49(51)53)36-28-31-47-44(33-36)42-22-10-12-24-46(42)54(47)45-23-11-9-21-41(45)43-30-27-35-15-7-8-20-40(35)52(43)54/h1-34H. The lowest BCUT2D eigenvalue weighted by atomic mass is 9.63. The van der Waals surface area contributed by atoms with Gasteiger partial charge in [0.15, 0.2) is 0 Å².